The number of aliphatic hydroxyl groups excluding tert-OH is 1. The smallest absolute Gasteiger partial charge is 0.191 e. The number of nitrogens with zero attached hydrogens (tertiary/aromatic N) is 1. The normalized spacial score (nSPS) is 21.4. The molecule has 0 bridgehead atoms. The molecule has 0 amide bonds. The van der Waals surface area contributed by atoms with Gasteiger partial charge in [0.1, 0.15) is 0 Å². The predicted molar refractivity (Wildman–Crippen MR) is 117 cm³/mol. The molecule has 6 heteroatoms. The lowest BCUT2D eigenvalue weighted by atomic mass is 9.85. The van der Waals surface area contributed by atoms with E-state index in [-0.39, 0.29) is 35.5 Å². The summed E-state index contributed by atoms with van der Waals surface area (Å²) in [6, 6.07) is 8.39. The molecule has 1 aliphatic carbocycles. The number of hydrogen-bond donors (Lipinski definition) is 3. The Bertz CT molecular complexity index is 557. The first-order valence-electron chi connectivity index (χ1n) is 8.89. The Morgan fingerprint density at radius 1 is 1.28 bits per heavy atom. The van der Waals surface area contributed by atoms with Crippen LogP contribution in [-0.4, -0.2) is 36.3 Å². The number of hydrogen-bond acceptors (Lipinski definition) is 2. The maximum Gasteiger partial charge on any atom is 0.191 e. The number of aliphatic imine (C=N–C) groups is 1. The molecule has 1 fully saturated rings. The molecule has 0 saturated heterocycles. The highest BCUT2D eigenvalue weighted by atomic mass is 127. The summed E-state index contributed by atoms with van der Waals surface area (Å²) in [5.41, 5.74) is 1.10. The van der Waals surface area contributed by atoms with Gasteiger partial charge in [0.15, 0.2) is 5.96 Å². The highest BCUT2D eigenvalue weighted by Gasteiger charge is 2.22. The van der Waals surface area contributed by atoms with Gasteiger partial charge in [0.2, 0.25) is 0 Å². The minimum Gasteiger partial charge on any atom is -0.393 e. The minimum absolute atomic E-state index is 0. The number of guanidine groups is 1. The monoisotopic (exact) mass is 479 g/mol. The van der Waals surface area contributed by atoms with Crippen molar-refractivity contribution in [1.82, 2.24) is 10.6 Å². The largest absolute Gasteiger partial charge is 0.393 e. The maximum atomic E-state index is 9.64. The lowest BCUT2D eigenvalue weighted by molar-refractivity contribution is 0.120. The van der Waals surface area contributed by atoms with Crippen LogP contribution in [0.1, 0.15) is 52.0 Å². The number of rotatable bonds is 5. The van der Waals surface area contributed by atoms with Crippen LogP contribution in [0.15, 0.2) is 29.3 Å². The Balaban J connectivity index is 0.00000312. The molecule has 0 unspecified atom stereocenters. The first kappa shape index (κ1) is 22.5. The second-order valence-electron chi connectivity index (χ2n) is 7.24. The van der Waals surface area contributed by atoms with E-state index in [0.717, 1.165) is 43.2 Å². The summed E-state index contributed by atoms with van der Waals surface area (Å²) in [7, 11) is 0. The Morgan fingerprint density at radius 2 is 1.96 bits per heavy atom. The van der Waals surface area contributed by atoms with Gasteiger partial charge in [0.25, 0.3) is 0 Å². The summed E-state index contributed by atoms with van der Waals surface area (Å²) in [5, 5.41) is 17.2. The fraction of sp³-hybridized carbons (Fsp3) is 0.632. The summed E-state index contributed by atoms with van der Waals surface area (Å²) >= 11 is 6.12. The number of benzene rings is 1. The van der Waals surface area contributed by atoms with E-state index < -0.39 is 0 Å². The molecule has 1 aliphatic rings. The van der Waals surface area contributed by atoms with Gasteiger partial charge in [-0.3, -0.25) is 4.99 Å². The Labute approximate surface area is 173 Å². The highest BCUT2D eigenvalue weighted by molar-refractivity contribution is 14.0. The molecular formula is C19H31ClIN3O. The van der Waals surface area contributed by atoms with Crippen LogP contribution in [0.5, 0.6) is 0 Å². The number of halogens is 2. The van der Waals surface area contributed by atoms with Gasteiger partial charge in [-0.05, 0) is 50.3 Å². The SMILES string of the molecule is CCNC(=NCC(C)(C)c1cccc(Cl)c1)NC1CCC(O)CC1.I. The van der Waals surface area contributed by atoms with Crippen molar-refractivity contribution in [2.45, 2.75) is 64.0 Å². The zero-order valence-corrected chi connectivity index (χ0v) is 18.5. The number of aliphatic hydroxyl groups is 1. The van der Waals surface area contributed by atoms with Crippen LogP contribution in [0.2, 0.25) is 5.02 Å². The second-order valence-corrected chi connectivity index (χ2v) is 7.68. The Kier molecular flexibility index (Phi) is 9.52. The first-order chi connectivity index (χ1) is 11.4. The van der Waals surface area contributed by atoms with E-state index in [1.807, 2.05) is 18.2 Å². The molecule has 1 saturated carbocycles. The molecule has 4 nitrogen and oxygen atoms in total. The molecule has 142 valence electrons. The minimum atomic E-state index is -0.135. The van der Waals surface area contributed by atoms with Gasteiger partial charge in [-0.25, -0.2) is 0 Å². The van der Waals surface area contributed by atoms with Crippen molar-refractivity contribution in [3.63, 3.8) is 0 Å². The van der Waals surface area contributed by atoms with E-state index in [0.29, 0.717) is 12.6 Å². The summed E-state index contributed by atoms with van der Waals surface area (Å²) in [4.78, 5) is 4.79. The van der Waals surface area contributed by atoms with E-state index in [1.54, 1.807) is 0 Å². The summed E-state index contributed by atoms with van der Waals surface area (Å²) in [6.07, 6.45) is 3.58. The fourth-order valence-corrected chi connectivity index (χ4v) is 3.20. The van der Waals surface area contributed by atoms with Crippen molar-refractivity contribution in [3.05, 3.63) is 34.9 Å². The average Bonchev–Trinajstić information content (AvgIpc) is 2.55. The molecule has 0 spiro atoms. The van der Waals surface area contributed by atoms with E-state index >= 15 is 0 Å². The molecule has 1 aromatic rings. The van der Waals surface area contributed by atoms with Crippen molar-refractivity contribution >= 4 is 41.5 Å². The standard InChI is InChI=1S/C19H30ClN3O.HI/c1-4-21-18(23-16-8-10-17(24)11-9-16)22-13-19(2,3)14-6-5-7-15(20)12-14;/h5-7,12,16-17,24H,4,8-11,13H2,1-3H3,(H2,21,22,23);1H. The van der Waals surface area contributed by atoms with Crippen LogP contribution in [0.3, 0.4) is 0 Å². The zero-order chi connectivity index (χ0) is 17.6. The molecular weight excluding hydrogens is 449 g/mol. The van der Waals surface area contributed by atoms with Crippen molar-refractivity contribution in [2.24, 2.45) is 4.99 Å². The summed E-state index contributed by atoms with van der Waals surface area (Å²) in [6.45, 7) is 7.95. The van der Waals surface area contributed by atoms with Crippen LogP contribution in [-0.2, 0) is 5.41 Å². The van der Waals surface area contributed by atoms with Gasteiger partial charge < -0.3 is 15.7 Å². The van der Waals surface area contributed by atoms with E-state index in [9.17, 15) is 5.11 Å². The molecule has 0 aliphatic heterocycles. The lowest BCUT2D eigenvalue weighted by Gasteiger charge is -2.28. The molecule has 0 aromatic heterocycles. The third-order valence-corrected chi connectivity index (χ3v) is 4.86. The van der Waals surface area contributed by atoms with Crippen molar-refractivity contribution in [2.75, 3.05) is 13.1 Å². The molecule has 25 heavy (non-hydrogen) atoms. The van der Waals surface area contributed by atoms with Gasteiger partial charge in [0.05, 0.1) is 12.6 Å². The van der Waals surface area contributed by atoms with Gasteiger partial charge in [-0.15, -0.1) is 24.0 Å². The van der Waals surface area contributed by atoms with Crippen molar-refractivity contribution in [3.8, 4) is 0 Å². The van der Waals surface area contributed by atoms with E-state index in [2.05, 4.69) is 37.5 Å². The number of nitrogens with one attached hydrogen (secondary N) is 2. The molecule has 0 atom stereocenters. The van der Waals surface area contributed by atoms with Gasteiger partial charge in [0, 0.05) is 23.0 Å². The Morgan fingerprint density at radius 3 is 2.56 bits per heavy atom. The summed E-state index contributed by atoms with van der Waals surface area (Å²) < 4.78 is 0. The van der Waals surface area contributed by atoms with Crippen LogP contribution >= 0.6 is 35.6 Å². The van der Waals surface area contributed by atoms with Crippen LogP contribution in [0.25, 0.3) is 0 Å². The fourth-order valence-electron chi connectivity index (χ4n) is 3.01. The molecule has 0 radical (unpaired) electrons. The topological polar surface area (TPSA) is 56.7 Å². The third-order valence-electron chi connectivity index (χ3n) is 4.62. The van der Waals surface area contributed by atoms with E-state index in [1.165, 1.54) is 5.56 Å². The van der Waals surface area contributed by atoms with Gasteiger partial charge in [-0.2, -0.15) is 0 Å². The average molecular weight is 480 g/mol. The molecule has 3 N–H and O–H groups in total. The molecule has 0 heterocycles. The van der Waals surface area contributed by atoms with E-state index in [4.69, 9.17) is 16.6 Å². The summed E-state index contributed by atoms with van der Waals surface area (Å²) in [5.74, 6) is 0.856. The highest BCUT2D eigenvalue weighted by Crippen LogP contribution is 2.26. The van der Waals surface area contributed by atoms with Gasteiger partial charge >= 0.3 is 0 Å². The maximum absolute atomic E-state index is 9.64. The van der Waals surface area contributed by atoms with Gasteiger partial charge in [-0.1, -0.05) is 37.6 Å². The Hall–Kier alpha value is -0.530. The van der Waals surface area contributed by atoms with Crippen molar-refractivity contribution in [1.29, 1.82) is 0 Å². The lowest BCUT2D eigenvalue weighted by Crippen LogP contribution is -2.45. The first-order valence-corrected chi connectivity index (χ1v) is 9.27. The second kappa shape index (κ2) is 10.6. The zero-order valence-electron chi connectivity index (χ0n) is 15.4. The van der Waals surface area contributed by atoms with Crippen molar-refractivity contribution < 1.29 is 5.11 Å². The quantitative estimate of drug-likeness (QED) is 0.339. The third kappa shape index (κ3) is 7.31. The predicted octanol–water partition coefficient (Wildman–Crippen LogP) is 4.09. The van der Waals surface area contributed by atoms with Crippen LogP contribution < -0.4 is 10.6 Å². The molecule has 2 rings (SSSR count). The van der Waals surface area contributed by atoms with Crippen LogP contribution in [0, 0.1) is 0 Å². The van der Waals surface area contributed by atoms with Crippen LogP contribution in [0.4, 0.5) is 0 Å². The molecule has 1 aromatic carbocycles.